The lowest BCUT2D eigenvalue weighted by Gasteiger charge is -2.22. The average Bonchev–Trinajstić information content (AvgIpc) is 3.23. The third-order valence-corrected chi connectivity index (χ3v) is 5.09. The maximum absolute atomic E-state index is 11.7. The van der Waals surface area contributed by atoms with Gasteiger partial charge in [-0.15, -0.1) is 0 Å². The first kappa shape index (κ1) is 19.5. The van der Waals surface area contributed by atoms with E-state index in [9.17, 15) is 9.90 Å². The van der Waals surface area contributed by atoms with Crippen LogP contribution >= 0.6 is 0 Å². The van der Waals surface area contributed by atoms with Crippen molar-refractivity contribution in [3.05, 3.63) is 30.3 Å². The second-order valence-electron chi connectivity index (χ2n) is 6.65. The summed E-state index contributed by atoms with van der Waals surface area (Å²) in [6, 6.07) is 9.04. The Morgan fingerprint density at radius 1 is 0.967 bits per heavy atom. The lowest BCUT2D eigenvalue weighted by Crippen LogP contribution is -2.15. The van der Waals surface area contributed by atoms with Crippen molar-refractivity contribution in [1.29, 1.82) is 0 Å². The molecule has 0 fully saturated rings. The number of rotatable bonds is 6. The number of nitrogens with zero attached hydrogens (tertiary/aromatic N) is 1. The number of aromatic hydroxyl groups is 1. The van der Waals surface area contributed by atoms with Crippen LogP contribution in [0.2, 0.25) is 0 Å². The molecular weight excluding hydrogens is 390 g/mol. The van der Waals surface area contributed by atoms with Crippen LogP contribution in [0, 0.1) is 0 Å². The van der Waals surface area contributed by atoms with Gasteiger partial charge in [0.1, 0.15) is 0 Å². The van der Waals surface area contributed by atoms with E-state index in [4.69, 9.17) is 23.7 Å². The van der Waals surface area contributed by atoms with Gasteiger partial charge in [-0.25, -0.2) is 0 Å². The highest BCUT2D eigenvalue weighted by Gasteiger charge is 2.25. The molecule has 1 N–H and O–H groups in total. The Morgan fingerprint density at radius 2 is 1.67 bits per heavy atom. The highest BCUT2D eigenvalue weighted by atomic mass is 16.7. The van der Waals surface area contributed by atoms with Crippen LogP contribution in [0.3, 0.4) is 0 Å². The number of hydrogen-bond donors (Lipinski definition) is 1. The number of carbonyl (C=O) groups is 1. The van der Waals surface area contributed by atoms with Crippen LogP contribution < -0.4 is 28.6 Å². The lowest BCUT2D eigenvalue weighted by atomic mass is 9.96. The van der Waals surface area contributed by atoms with E-state index >= 15 is 0 Å². The van der Waals surface area contributed by atoms with E-state index in [-0.39, 0.29) is 24.0 Å². The largest absolute Gasteiger partial charge is 0.504 e. The van der Waals surface area contributed by atoms with Crippen molar-refractivity contribution < 1.29 is 33.6 Å². The quantitative estimate of drug-likeness (QED) is 0.621. The zero-order valence-electron chi connectivity index (χ0n) is 17.0. The van der Waals surface area contributed by atoms with Crippen LogP contribution in [-0.2, 0) is 4.79 Å². The van der Waals surface area contributed by atoms with Crippen LogP contribution in [0.4, 0.5) is 5.69 Å². The first-order valence-electron chi connectivity index (χ1n) is 9.10. The number of anilines is 1. The summed E-state index contributed by atoms with van der Waals surface area (Å²) < 4.78 is 27.1. The second kappa shape index (κ2) is 7.55. The van der Waals surface area contributed by atoms with Crippen molar-refractivity contribution in [3.8, 4) is 45.6 Å². The minimum absolute atomic E-state index is 0.129. The number of phenolic OH excluding ortho intramolecular Hbond substituents is 1. The molecular formula is C22H21NO7. The Hall–Kier alpha value is -3.81. The van der Waals surface area contributed by atoms with Gasteiger partial charge in [-0.2, -0.15) is 0 Å². The maximum atomic E-state index is 11.7. The molecule has 0 saturated carbocycles. The van der Waals surface area contributed by atoms with E-state index in [0.717, 1.165) is 10.8 Å². The molecule has 1 aliphatic rings. The third-order valence-electron chi connectivity index (χ3n) is 5.09. The Labute approximate surface area is 173 Å². The maximum Gasteiger partial charge on any atom is 0.231 e. The number of carbonyl (C=O) groups excluding carboxylic acids is 1. The molecule has 0 aliphatic carbocycles. The summed E-state index contributed by atoms with van der Waals surface area (Å²) in [6.07, 6.45) is 0.706. The van der Waals surface area contributed by atoms with Crippen LogP contribution in [-0.4, -0.2) is 46.7 Å². The van der Waals surface area contributed by atoms with Gasteiger partial charge in [0.25, 0.3) is 0 Å². The van der Waals surface area contributed by atoms with Gasteiger partial charge in [0, 0.05) is 23.6 Å². The molecule has 0 unspecified atom stereocenters. The monoisotopic (exact) mass is 411 g/mol. The molecule has 3 aromatic rings. The number of benzene rings is 3. The molecule has 0 spiro atoms. The first-order valence-corrected chi connectivity index (χ1v) is 9.10. The Morgan fingerprint density at radius 3 is 2.30 bits per heavy atom. The van der Waals surface area contributed by atoms with Crippen LogP contribution in [0.1, 0.15) is 0 Å². The van der Waals surface area contributed by atoms with Gasteiger partial charge in [-0.05, 0) is 23.6 Å². The fourth-order valence-electron chi connectivity index (χ4n) is 3.69. The number of methoxy groups -OCH3 is 3. The summed E-state index contributed by atoms with van der Waals surface area (Å²) in [6.45, 7) is 0.144. The van der Waals surface area contributed by atoms with Crippen LogP contribution in [0.15, 0.2) is 30.3 Å². The van der Waals surface area contributed by atoms with Gasteiger partial charge in [0.15, 0.2) is 23.0 Å². The van der Waals surface area contributed by atoms with Crippen molar-refractivity contribution in [2.75, 3.05) is 40.1 Å². The standard InChI is InChI=1S/C22H21NO7/c1-23(10-24)19-13(6-5-12-7-16-17(8-14(12)19)30-11-29-16)15-9-18(26-2)21(27-3)22(28-4)20(15)25/h5-10,25H,11H2,1-4H3. The van der Waals surface area contributed by atoms with Crippen LogP contribution in [0.5, 0.6) is 34.5 Å². The van der Waals surface area contributed by atoms with Gasteiger partial charge in [0.05, 0.1) is 27.0 Å². The number of hydrogen-bond acceptors (Lipinski definition) is 7. The van der Waals surface area contributed by atoms with Crippen molar-refractivity contribution in [3.63, 3.8) is 0 Å². The summed E-state index contributed by atoms with van der Waals surface area (Å²) in [5.41, 5.74) is 1.62. The molecule has 4 rings (SSSR count). The molecule has 1 heterocycles. The highest BCUT2D eigenvalue weighted by Crippen LogP contribution is 2.52. The molecule has 156 valence electrons. The van der Waals surface area contributed by atoms with Gasteiger partial charge in [0.2, 0.25) is 24.7 Å². The summed E-state index contributed by atoms with van der Waals surface area (Å²) in [5, 5.41) is 12.6. The summed E-state index contributed by atoms with van der Waals surface area (Å²) in [7, 11) is 6.03. The van der Waals surface area contributed by atoms with E-state index in [1.165, 1.54) is 26.2 Å². The van der Waals surface area contributed by atoms with Crippen molar-refractivity contribution in [2.45, 2.75) is 0 Å². The highest BCUT2D eigenvalue weighted by molar-refractivity contribution is 6.07. The smallest absolute Gasteiger partial charge is 0.231 e. The fraction of sp³-hybridized carbons (Fsp3) is 0.227. The molecule has 1 amide bonds. The summed E-state index contributed by atoms with van der Waals surface area (Å²) in [4.78, 5) is 13.2. The topological polar surface area (TPSA) is 86.7 Å². The Bertz CT molecular complexity index is 1140. The SMILES string of the molecule is COc1cc(-c2ccc3cc4c(cc3c2N(C)C=O)OCO4)c(O)c(OC)c1OC. The van der Waals surface area contributed by atoms with E-state index in [0.29, 0.717) is 40.5 Å². The minimum Gasteiger partial charge on any atom is -0.504 e. The van der Waals surface area contributed by atoms with E-state index in [1.54, 1.807) is 13.1 Å². The van der Waals surface area contributed by atoms with E-state index in [2.05, 4.69) is 0 Å². The van der Waals surface area contributed by atoms with Crippen molar-refractivity contribution >= 4 is 22.9 Å². The number of amides is 1. The van der Waals surface area contributed by atoms with E-state index in [1.807, 2.05) is 24.3 Å². The molecule has 0 saturated heterocycles. The minimum atomic E-state index is -0.129. The second-order valence-corrected chi connectivity index (χ2v) is 6.65. The predicted octanol–water partition coefficient (Wildman–Crippen LogP) is 3.56. The molecule has 0 bridgehead atoms. The zero-order valence-corrected chi connectivity index (χ0v) is 17.0. The normalized spacial score (nSPS) is 12.0. The average molecular weight is 411 g/mol. The van der Waals surface area contributed by atoms with Crippen molar-refractivity contribution in [2.24, 2.45) is 0 Å². The molecule has 30 heavy (non-hydrogen) atoms. The molecule has 0 atom stereocenters. The molecule has 3 aromatic carbocycles. The summed E-state index contributed by atoms with van der Waals surface area (Å²) in [5.74, 6) is 1.90. The molecule has 8 nitrogen and oxygen atoms in total. The van der Waals surface area contributed by atoms with Gasteiger partial charge in [-0.1, -0.05) is 12.1 Å². The molecule has 0 radical (unpaired) electrons. The van der Waals surface area contributed by atoms with E-state index < -0.39 is 0 Å². The van der Waals surface area contributed by atoms with Crippen LogP contribution in [0.25, 0.3) is 21.9 Å². The zero-order chi connectivity index (χ0) is 21.4. The summed E-state index contributed by atoms with van der Waals surface area (Å²) >= 11 is 0. The van der Waals surface area contributed by atoms with Gasteiger partial charge in [-0.3, -0.25) is 4.79 Å². The number of phenols is 1. The lowest BCUT2D eigenvalue weighted by molar-refractivity contribution is -0.107. The van der Waals surface area contributed by atoms with Crippen molar-refractivity contribution in [1.82, 2.24) is 0 Å². The molecule has 0 aromatic heterocycles. The Balaban J connectivity index is 2.06. The van der Waals surface area contributed by atoms with Gasteiger partial charge < -0.3 is 33.7 Å². The first-order chi connectivity index (χ1) is 14.5. The fourth-order valence-corrected chi connectivity index (χ4v) is 3.69. The predicted molar refractivity (Wildman–Crippen MR) is 111 cm³/mol. The number of fused-ring (bicyclic) bond motifs is 2. The third kappa shape index (κ3) is 2.88. The Kier molecular flexibility index (Phi) is 4.91. The van der Waals surface area contributed by atoms with Gasteiger partial charge >= 0.3 is 0 Å². The number of ether oxygens (including phenoxy) is 5. The molecule has 1 aliphatic heterocycles. The molecule has 8 heteroatoms.